The van der Waals surface area contributed by atoms with Gasteiger partial charge in [0.25, 0.3) is 0 Å². The predicted octanol–water partition coefficient (Wildman–Crippen LogP) is 7.61. The van der Waals surface area contributed by atoms with Gasteiger partial charge in [-0.1, -0.05) is 52.4 Å². The van der Waals surface area contributed by atoms with Crippen LogP contribution in [0.2, 0.25) is 0 Å². The minimum Gasteiger partial charge on any atom is -0.396 e. The van der Waals surface area contributed by atoms with E-state index in [4.69, 9.17) is 5.11 Å². The van der Waals surface area contributed by atoms with Crippen molar-refractivity contribution in [1.82, 2.24) is 0 Å². The maximum absolute atomic E-state index is 9.15. The average molecular weight is 377 g/mol. The van der Waals surface area contributed by atoms with Gasteiger partial charge in [0.05, 0.1) is 0 Å². The molecule has 3 aliphatic carbocycles. The van der Waals surface area contributed by atoms with Gasteiger partial charge >= 0.3 is 0 Å². The lowest BCUT2D eigenvalue weighted by Crippen LogP contribution is -2.34. The molecule has 0 aromatic heterocycles. The van der Waals surface area contributed by atoms with Gasteiger partial charge in [0.15, 0.2) is 0 Å². The molecule has 3 saturated carbocycles. The van der Waals surface area contributed by atoms with Crippen LogP contribution in [0.3, 0.4) is 0 Å². The summed E-state index contributed by atoms with van der Waals surface area (Å²) >= 11 is 0. The van der Waals surface area contributed by atoms with Gasteiger partial charge in [-0.3, -0.25) is 0 Å². The second-order valence-electron chi connectivity index (χ2n) is 10.6. The molecule has 3 fully saturated rings. The average Bonchev–Trinajstić information content (AvgIpc) is 2.73. The lowest BCUT2D eigenvalue weighted by Gasteiger charge is -2.44. The van der Waals surface area contributed by atoms with Gasteiger partial charge in [0.2, 0.25) is 0 Å². The van der Waals surface area contributed by atoms with E-state index in [1.165, 1.54) is 57.8 Å². The summed E-state index contributed by atoms with van der Waals surface area (Å²) in [5, 5.41) is 9.15. The van der Waals surface area contributed by atoms with Crippen LogP contribution in [0, 0.1) is 41.4 Å². The van der Waals surface area contributed by atoms with E-state index in [9.17, 15) is 0 Å². The molecule has 3 rings (SSSR count). The fourth-order valence-corrected chi connectivity index (χ4v) is 7.52. The highest BCUT2D eigenvalue weighted by Gasteiger charge is 2.37. The quantitative estimate of drug-likeness (QED) is 0.462. The first-order valence-corrected chi connectivity index (χ1v) is 12.9. The number of rotatable bonds is 8. The summed E-state index contributed by atoms with van der Waals surface area (Å²) in [6, 6.07) is 0. The molecule has 158 valence electrons. The minimum atomic E-state index is 0.390. The van der Waals surface area contributed by atoms with Gasteiger partial charge in [-0.15, -0.1) is 0 Å². The lowest BCUT2D eigenvalue weighted by atomic mass is 9.61. The van der Waals surface area contributed by atoms with E-state index < -0.39 is 0 Å². The van der Waals surface area contributed by atoms with Crippen molar-refractivity contribution in [1.29, 1.82) is 0 Å². The fourth-order valence-electron chi connectivity index (χ4n) is 7.52. The molecule has 0 amide bonds. The Hall–Kier alpha value is -0.0400. The van der Waals surface area contributed by atoms with Gasteiger partial charge < -0.3 is 5.11 Å². The Morgan fingerprint density at radius 2 is 1.26 bits per heavy atom. The van der Waals surface area contributed by atoms with Crippen LogP contribution in [0.15, 0.2) is 0 Å². The molecule has 27 heavy (non-hydrogen) atoms. The van der Waals surface area contributed by atoms with Crippen molar-refractivity contribution in [2.45, 2.75) is 117 Å². The van der Waals surface area contributed by atoms with Crippen LogP contribution in [-0.4, -0.2) is 11.7 Å². The van der Waals surface area contributed by atoms with E-state index in [2.05, 4.69) is 13.8 Å². The van der Waals surface area contributed by atoms with E-state index in [0.717, 1.165) is 47.8 Å². The van der Waals surface area contributed by atoms with Gasteiger partial charge in [-0.05, 0) is 106 Å². The second kappa shape index (κ2) is 11.2. The molecule has 1 heteroatoms. The molecule has 3 aliphatic rings. The highest BCUT2D eigenvalue weighted by atomic mass is 16.2. The zero-order valence-corrected chi connectivity index (χ0v) is 18.5. The first-order valence-electron chi connectivity index (χ1n) is 12.9. The van der Waals surface area contributed by atoms with Crippen molar-refractivity contribution < 1.29 is 5.11 Å². The molecule has 0 radical (unpaired) electrons. The topological polar surface area (TPSA) is 20.2 Å². The smallest absolute Gasteiger partial charge is 0.0431 e. The van der Waals surface area contributed by atoms with Gasteiger partial charge in [0, 0.05) is 6.61 Å². The van der Waals surface area contributed by atoms with Crippen molar-refractivity contribution >= 4 is 0 Å². The molecular weight excluding hydrogens is 328 g/mol. The van der Waals surface area contributed by atoms with Crippen molar-refractivity contribution in [2.75, 3.05) is 6.61 Å². The normalized spacial score (nSPS) is 40.8. The maximum atomic E-state index is 9.15. The second-order valence-corrected chi connectivity index (χ2v) is 10.6. The van der Waals surface area contributed by atoms with Crippen LogP contribution in [-0.2, 0) is 0 Å². The van der Waals surface area contributed by atoms with Crippen LogP contribution in [0.5, 0.6) is 0 Å². The molecule has 0 spiro atoms. The monoisotopic (exact) mass is 376 g/mol. The molecule has 0 heterocycles. The van der Waals surface area contributed by atoms with Crippen molar-refractivity contribution in [3.8, 4) is 0 Å². The number of hydrogen-bond acceptors (Lipinski definition) is 1. The Morgan fingerprint density at radius 1 is 0.667 bits per heavy atom. The summed E-state index contributed by atoms with van der Waals surface area (Å²) in [6.07, 6.45) is 23.3. The Bertz CT molecular complexity index is 389. The number of aliphatic hydroxyl groups is 1. The molecule has 0 aromatic rings. The third kappa shape index (κ3) is 5.97. The molecular formula is C26H48O. The van der Waals surface area contributed by atoms with Crippen LogP contribution >= 0.6 is 0 Å². The molecule has 1 nitrogen and oxygen atoms in total. The van der Waals surface area contributed by atoms with E-state index in [-0.39, 0.29) is 0 Å². The SMILES string of the molecule is CCCC1CCC(C2CCC(C3CCC(CCCO)CC3CC)CC2)CC1. The third-order valence-electron chi connectivity index (χ3n) is 9.12. The Morgan fingerprint density at radius 3 is 1.85 bits per heavy atom. The van der Waals surface area contributed by atoms with Crippen LogP contribution in [0.25, 0.3) is 0 Å². The largest absolute Gasteiger partial charge is 0.396 e. The van der Waals surface area contributed by atoms with Crippen molar-refractivity contribution in [3.63, 3.8) is 0 Å². The molecule has 3 atom stereocenters. The van der Waals surface area contributed by atoms with Crippen LogP contribution in [0.4, 0.5) is 0 Å². The predicted molar refractivity (Wildman–Crippen MR) is 117 cm³/mol. The van der Waals surface area contributed by atoms with E-state index in [1.807, 2.05) is 0 Å². The number of hydrogen-bond donors (Lipinski definition) is 1. The maximum Gasteiger partial charge on any atom is 0.0431 e. The molecule has 0 aromatic carbocycles. The first kappa shape index (κ1) is 21.7. The molecule has 0 aliphatic heterocycles. The summed E-state index contributed by atoms with van der Waals surface area (Å²) < 4.78 is 0. The summed E-state index contributed by atoms with van der Waals surface area (Å²) in [5.74, 6) is 7.18. The molecule has 0 bridgehead atoms. The third-order valence-corrected chi connectivity index (χ3v) is 9.12. The summed E-state index contributed by atoms with van der Waals surface area (Å²) in [7, 11) is 0. The van der Waals surface area contributed by atoms with Crippen molar-refractivity contribution in [2.24, 2.45) is 41.4 Å². The zero-order chi connectivity index (χ0) is 19.1. The molecule has 1 N–H and O–H groups in total. The van der Waals surface area contributed by atoms with Gasteiger partial charge in [0.1, 0.15) is 0 Å². The molecule has 0 saturated heterocycles. The zero-order valence-electron chi connectivity index (χ0n) is 18.5. The van der Waals surface area contributed by atoms with E-state index in [1.54, 1.807) is 38.5 Å². The number of aliphatic hydroxyl groups excluding tert-OH is 1. The summed E-state index contributed by atoms with van der Waals surface area (Å²) in [4.78, 5) is 0. The Labute approximate surface area is 170 Å². The minimum absolute atomic E-state index is 0.390. The van der Waals surface area contributed by atoms with Crippen LogP contribution < -0.4 is 0 Å². The summed E-state index contributed by atoms with van der Waals surface area (Å²) in [5.41, 5.74) is 0. The van der Waals surface area contributed by atoms with Crippen molar-refractivity contribution in [3.05, 3.63) is 0 Å². The Kier molecular flexibility index (Phi) is 9.01. The standard InChI is InChI=1S/C26H48O/c1-3-6-20-8-11-23(12-9-20)24-13-15-25(16-14-24)26-17-10-21(7-5-18-27)19-22(26)4-2/h20-27H,3-19H2,1-2H3. The lowest BCUT2D eigenvalue weighted by molar-refractivity contribution is 0.0634. The van der Waals surface area contributed by atoms with E-state index >= 15 is 0 Å². The van der Waals surface area contributed by atoms with Crippen LogP contribution in [0.1, 0.15) is 117 Å². The first-order chi connectivity index (χ1) is 13.2. The van der Waals surface area contributed by atoms with E-state index in [0.29, 0.717) is 6.61 Å². The highest BCUT2D eigenvalue weighted by molar-refractivity contribution is 4.88. The fraction of sp³-hybridized carbons (Fsp3) is 1.00. The highest BCUT2D eigenvalue weighted by Crippen LogP contribution is 2.49. The summed E-state index contributed by atoms with van der Waals surface area (Å²) in [6.45, 7) is 5.19. The molecule has 3 unspecified atom stereocenters. The Balaban J connectivity index is 1.42. The van der Waals surface area contributed by atoms with Gasteiger partial charge in [-0.25, -0.2) is 0 Å². The van der Waals surface area contributed by atoms with Gasteiger partial charge in [-0.2, -0.15) is 0 Å².